The molecule has 2 aromatic carbocycles. The highest BCUT2D eigenvalue weighted by Gasteiger charge is 2.37. The monoisotopic (exact) mass is 515 g/mol. The number of hydrogen-bond acceptors (Lipinski definition) is 4. The number of carbonyl (C=O) groups is 2. The van der Waals surface area contributed by atoms with Crippen LogP contribution in [0.25, 0.3) is 17.2 Å². The van der Waals surface area contributed by atoms with Gasteiger partial charge in [-0.05, 0) is 75.8 Å². The summed E-state index contributed by atoms with van der Waals surface area (Å²) in [6.45, 7) is 0. The highest BCUT2D eigenvalue weighted by Crippen LogP contribution is 2.39. The predicted octanol–water partition coefficient (Wildman–Crippen LogP) is 5.70. The van der Waals surface area contributed by atoms with Crippen LogP contribution in [0.3, 0.4) is 0 Å². The number of carboxylic acid groups (broad SMARTS) is 1. The second-order valence-corrected chi connectivity index (χ2v) is 9.07. The standard InChI is InChI=1S/C27H22BrN3O3/c28-24-8-4-7-23(30-24)16-21(17-29)25(32)31-27(13-1-2-14-27)22-11-9-18(10-12-22)19-5-3-6-20(15-19)26(33)34/h3-12,15-16H,1-2,13-14H2,(H,31,32)(H,33,34). The van der Waals surface area contributed by atoms with Gasteiger partial charge in [0.2, 0.25) is 0 Å². The zero-order chi connectivity index (χ0) is 24.1. The van der Waals surface area contributed by atoms with E-state index in [1.165, 1.54) is 6.08 Å². The number of hydrogen-bond donors (Lipinski definition) is 2. The maximum absolute atomic E-state index is 13.1. The molecule has 0 bridgehead atoms. The van der Waals surface area contributed by atoms with E-state index in [-0.39, 0.29) is 11.1 Å². The number of benzene rings is 2. The molecule has 4 rings (SSSR count). The van der Waals surface area contributed by atoms with Gasteiger partial charge < -0.3 is 10.4 Å². The van der Waals surface area contributed by atoms with Crippen molar-refractivity contribution in [1.82, 2.24) is 10.3 Å². The van der Waals surface area contributed by atoms with Gasteiger partial charge in [0, 0.05) is 0 Å². The molecule has 1 aromatic heterocycles. The van der Waals surface area contributed by atoms with E-state index < -0.39 is 17.4 Å². The summed E-state index contributed by atoms with van der Waals surface area (Å²) in [4.78, 5) is 28.7. The van der Waals surface area contributed by atoms with Crippen molar-refractivity contribution in [2.45, 2.75) is 31.2 Å². The first-order chi connectivity index (χ1) is 16.4. The molecule has 0 atom stereocenters. The Hall–Kier alpha value is -3.76. The van der Waals surface area contributed by atoms with Crippen LogP contribution in [0.4, 0.5) is 0 Å². The van der Waals surface area contributed by atoms with Crippen molar-refractivity contribution in [3.8, 4) is 17.2 Å². The predicted molar refractivity (Wildman–Crippen MR) is 133 cm³/mol. The second-order valence-electron chi connectivity index (χ2n) is 8.26. The van der Waals surface area contributed by atoms with Gasteiger partial charge in [0.25, 0.3) is 5.91 Å². The number of nitrogens with zero attached hydrogens (tertiary/aromatic N) is 2. The van der Waals surface area contributed by atoms with E-state index in [0.717, 1.165) is 42.4 Å². The fraction of sp³-hybridized carbons (Fsp3) is 0.185. The number of nitriles is 1. The molecule has 1 amide bonds. The summed E-state index contributed by atoms with van der Waals surface area (Å²) in [5, 5.41) is 22.0. The molecule has 7 heteroatoms. The van der Waals surface area contributed by atoms with Crippen LogP contribution in [0, 0.1) is 11.3 Å². The third kappa shape index (κ3) is 5.08. The van der Waals surface area contributed by atoms with Crippen molar-refractivity contribution in [2.75, 3.05) is 0 Å². The molecule has 1 fully saturated rings. The molecule has 170 valence electrons. The summed E-state index contributed by atoms with van der Waals surface area (Å²) < 4.78 is 0.625. The van der Waals surface area contributed by atoms with Gasteiger partial charge in [-0.3, -0.25) is 4.79 Å². The molecule has 34 heavy (non-hydrogen) atoms. The van der Waals surface area contributed by atoms with Gasteiger partial charge in [-0.15, -0.1) is 0 Å². The Labute approximate surface area is 206 Å². The number of pyridine rings is 1. The van der Waals surface area contributed by atoms with Crippen LogP contribution in [0.2, 0.25) is 0 Å². The SMILES string of the molecule is N#CC(=Cc1cccc(Br)n1)C(=O)NC1(c2ccc(-c3cccc(C(=O)O)c3)cc2)CCCC1. The molecule has 0 unspecified atom stereocenters. The Morgan fingerprint density at radius 1 is 1.03 bits per heavy atom. The number of rotatable bonds is 6. The molecular formula is C27H22BrN3O3. The first kappa shape index (κ1) is 23.4. The minimum absolute atomic E-state index is 0.000944. The summed E-state index contributed by atoms with van der Waals surface area (Å²) in [5.74, 6) is -1.39. The summed E-state index contributed by atoms with van der Waals surface area (Å²) in [5.41, 5.74) is 2.87. The van der Waals surface area contributed by atoms with Crippen LogP contribution in [-0.2, 0) is 10.3 Å². The highest BCUT2D eigenvalue weighted by atomic mass is 79.9. The van der Waals surface area contributed by atoms with E-state index in [9.17, 15) is 20.0 Å². The van der Waals surface area contributed by atoms with Crippen molar-refractivity contribution < 1.29 is 14.7 Å². The molecule has 6 nitrogen and oxygen atoms in total. The van der Waals surface area contributed by atoms with E-state index >= 15 is 0 Å². The number of carbonyl (C=O) groups excluding carboxylic acids is 1. The minimum Gasteiger partial charge on any atom is -0.478 e. The summed E-state index contributed by atoms with van der Waals surface area (Å²) in [6.07, 6.45) is 4.99. The van der Waals surface area contributed by atoms with Gasteiger partial charge in [-0.1, -0.05) is 55.3 Å². The maximum atomic E-state index is 13.1. The van der Waals surface area contributed by atoms with Crippen molar-refractivity contribution in [1.29, 1.82) is 5.26 Å². The number of nitrogens with one attached hydrogen (secondary N) is 1. The van der Waals surface area contributed by atoms with Gasteiger partial charge in [-0.25, -0.2) is 9.78 Å². The molecule has 0 radical (unpaired) electrons. The number of amides is 1. The topological polar surface area (TPSA) is 103 Å². The molecule has 0 aliphatic heterocycles. The number of aromatic carboxylic acids is 1. The van der Waals surface area contributed by atoms with E-state index in [2.05, 4.69) is 26.2 Å². The van der Waals surface area contributed by atoms with E-state index in [4.69, 9.17) is 0 Å². The fourth-order valence-corrected chi connectivity index (χ4v) is 4.72. The first-order valence-corrected chi connectivity index (χ1v) is 11.7. The Bertz CT molecular complexity index is 1300. The van der Waals surface area contributed by atoms with Gasteiger partial charge >= 0.3 is 5.97 Å². The molecule has 0 spiro atoms. The Kier molecular flexibility index (Phi) is 6.90. The molecule has 3 aromatic rings. The van der Waals surface area contributed by atoms with Crippen molar-refractivity contribution in [2.24, 2.45) is 0 Å². The van der Waals surface area contributed by atoms with E-state index in [0.29, 0.717) is 10.3 Å². The highest BCUT2D eigenvalue weighted by molar-refractivity contribution is 9.10. The van der Waals surface area contributed by atoms with Gasteiger partial charge in [0.1, 0.15) is 16.2 Å². The van der Waals surface area contributed by atoms with Crippen molar-refractivity contribution >= 4 is 33.9 Å². The molecule has 1 saturated carbocycles. The molecule has 1 aliphatic rings. The lowest BCUT2D eigenvalue weighted by Crippen LogP contribution is -2.44. The summed E-state index contributed by atoms with van der Waals surface area (Å²) in [7, 11) is 0. The third-order valence-corrected chi connectivity index (χ3v) is 6.53. The van der Waals surface area contributed by atoms with Crippen LogP contribution in [-0.4, -0.2) is 22.0 Å². The largest absolute Gasteiger partial charge is 0.478 e. The van der Waals surface area contributed by atoms with Crippen LogP contribution in [0.1, 0.15) is 47.3 Å². The minimum atomic E-state index is -0.967. The Morgan fingerprint density at radius 2 is 1.74 bits per heavy atom. The molecule has 2 N–H and O–H groups in total. The normalized spacial score (nSPS) is 14.9. The summed E-state index contributed by atoms with van der Waals surface area (Å²) >= 11 is 3.30. The Morgan fingerprint density at radius 3 is 2.38 bits per heavy atom. The molecule has 1 heterocycles. The number of carboxylic acids is 1. The number of halogens is 1. The maximum Gasteiger partial charge on any atom is 0.335 e. The van der Waals surface area contributed by atoms with E-state index in [1.54, 1.807) is 36.4 Å². The van der Waals surface area contributed by atoms with Crippen molar-refractivity contribution in [3.63, 3.8) is 0 Å². The molecule has 1 aliphatic carbocycles. The van der Waals surface area contributed by atoms with Crippen LogP contribution >= 0.6 is 15.9 Å². The lowest BCUT2D eigenvalue weighted by Gasteiger charge is -2.31. The zero-order valence-electron chi connectivity index (χ0n) is 18.3. The lowest BCUT2D eigenvalue weighted by molar-refractivity contribution is -0.119. The van der Waals surface area contributed by atoms with E-state index in [1.807, 2.05) is 36.4 Å². The van der Waals surface area contributed by atoms with Gasteiger partial charge in [0.05, 0.1) is 16.8 Å². The average molecular weight is 516 g/mol. The summed E-state index contributed by atoms with van der Waals surface area (Å²) in [6, 6.07) is 21.9. The van der Waals surface area contributed by atoms with Crippen LogP contribution in [0.15, 0.2) is 76.9 Å². The van der Waals surface area contributed by atoms with Crippen molar-refractivity contribution in [3.05, 3.63) is 93.7 Å². The van der Waals surface area contributed by atoms with Gasteiger partial charge in [-0.2, -0.15) is 5.26 Å². The lowest BCUT2D eigenvalue weighted by atomic mass is 9.86. The van der Waals surface area contributed by atoms with Crippen LogP contribution < -0.4 is 5.32 Å². The Balaban J connectivity index is 1.60. The van der Waals surface area contributed by atoms with Crippen LogP contribution in [0.5, 0.6) is 0 Å². The average Bonchev–Trinajstić information content (AvgIpc) is 3.32. The van der Waals surface area contributed by atoms with Gasteiger partial charge in [0.15, 0.2) is 0 Å². The smallest absolute Gasteiger partial charge is 0.335 e. The number of aromatic nitrogens is 1. The quantitative estimate of drug-likeness (QED) is 0.249. The third-order valence-electron chi connectivity index (χ3n) is 6.08. The first-order valence-electron chi connectivity index (χ1n) is 10.9. The fourth-order valence-electron chi connectivity index (χ4n) is 4.36. The molecule has 0 saturated heterocycles. The molecular weight excluding hydrogens is 494 g/mol. The zero-order valence-corrected chi connectivity index (χ0v) is 19.9. The second kappa shape index (κ2) is 10.0.